The summed E-state index contributed by atoms with van der Waals surface area (Å²) in [6.45, 7) is 1.77. The van der Waals surface area contributed by atoms with Gasteiger partial charge in [-0.3, -0.25) is 4.79 Å². The number of rotatable bonds is 2. The lowest BCUT2D eigenvalue weighted by atomic mass is 10.0. The number of aryl methyl sites for hydroxylation is 1. The van der Waals surface area contributed by atoms with Crippen molar-refractivity contribution in [3.05, 3.63) is 87.9 Å². The molecule has 1 aliphatic heterocycles. The molecule has 140 valence electrons. The normalized spacial score (nSPS) is 14.1. The number of carbonyl (C=O) groups is 2. The van der Waals surface area contributed by atoms with E-state index >= 15 is 0 Å². The first-order valence-electron chi connectivity index (χ1n) is 8.30. The van der Waals surface area contributed by atoms with Gasteiger partial charge >= 0.3 is 5.97 Å². The summed E-state index contributed by atoms with van der Waals surface area (Å²) in [5, 5.41) is 0.539. The molecular formula is C21H13ClO5S. The highest BCUT2D eigenvalue weighted by atomic mass is 35.5. The minimum Gasteiger partial charge on any atom is -0.423 e. The molecule has 28 heavy (non-hydrogen) atoms. The van der Waals surface area contributed by atoms with E-state index in [1.807, 2.05) is 0 Å². The topological polar surface area (TPSA) is 77.5 Å². The summed E-state index contributed by atoms with van der Waals surface area (Å²) in [6.07, 6.45) is 0. The lowest BCUT2D eigenvalue weighted by Gasteiger charge is -2.19. The van der Waals surface area contributed by atoms with Crippen molar-refractivity contribution in [2.24, 2.45) is 0 Å². The first-order chi connectivity index (χ1) is 13.3. The molecule has 4 rings (SSSR count). The summed E-state index contributed by atoms with van der Waals surface area (Å²) in [4.78, 5) is 24.9. The molecular weight excluding hydrogens is 400 g/mol. The summed E-state index contributed by atoms with van der Waals surface area (Å²) in [5.41, 5.74) is 0.934. The fraction of sp³-hybridized carbons (Fsp3) is 0.0476. The van der Waals surface area contributed by atoms with E-state index < -0.39 is 21.6 Å². The molecule has 0 fully saturated rings. The van der Waals surface area contributed by atoms with Crippen molar-refractivity contribution < 1.29 is 22.7 Å². The van der Waals surface area contributed by atoms with Crippen molar-refractivity contribution in [3.63, 3.8) is 0 Å². The van der Waals surface area contributed by atoms with E-state index in [1.54, 1.807) is 37.3 Å². The molecule has 1 heterocycles. The van der Waals surface area contributed by atoms with Gasteiger partial charge in [0.1, 0.15) is 5.75 Å². The third kappa shape index (κ3) is 2.91. The highest BCUT2D eigenvalue weighted by Gasteiger charge is 2.35. The van der Waals surface area contributed by atoms with Crippen LogP contribution in [0.2, 0.25) is 5.02 Å². The van der Waals surface area contributed by atoms with Crippen LogP contribution in [0, 0.1) is 6.92 Å². The summed E-state index contributed by atoms with van der Waals surface area (Å²) in [5.74, 6) is -0.839. The van der Waals surface area contributed by atoms with E-state index in [1.165, 1.54) is 30.3 Å². The van der Waals surface area contributed by atoms with Gasteiger partial charge in [-0.15, -0.1) is 0 Å². The zero-order valence-corrected chi connectivity index (χ0v) is 16.2. The minimum absolute atomic E-state index is 0.0297. The van der Waals surface area contributed by atoms with Crippen molar-refractivity contribution in [1.82, 2.24) is 0 Å². The van der Waals surface area contributed by atoms with Crippen LogP contribution in [0.3, 0.4) is 0 Å². The number of sulfone groups is 1. The van der Waals surface area contributed by atoms with Crippen LogP contribution in [0.5, 0.6) is 5.75 Å². The Morgan fingerprint density at radius 3 is 2.39 bits per heavy atom. The third-order valence-corrected chi connectivity index (χ3v) is 6.79. The van der Waals surface area contributed by atoms with Gasteiger partial charge < -0.3 is 4.74 Å². The van der Waals surface area contributed by atoms with Crippen molar-refractivity contribution in [2.45, 2.75) is 16.7 Å². The molecule has 0 saturated carbocycles. The molecule has 0 aromatic heterocycles. The number of hydrogen-bond acceptors (Lipinski definition) is 5. The molecule has 0 saturated heterocycles. The van der Waals surface area contributed by atoms with E-state index in [0.717, 1.165) is 5.56 Å². The molecule has 0 N–H and O–H groups in total. The molecule has 0 unspecified atom stereocenters. The molecule has 0 atom stereocenters. The molecule has 0 spiro atoms. The molecule has 5 nitrogen and oxygen atoms in total. The van der Waals surface area contributed by atoms with Crippen LogP contribution in [0.15, 0.2) is 70.5 Å². The predicted molar refractivity (Wildman–Crippen MR) is 103 cm³/mol. The van der Waals surface area contributed by atoms with Crippen LogP contribution in [-0.2, 0) is 9.84 Å². The van der Waals surface area contributed by atoms with Gasteiger partial charge in [0.25, 0.3) is 0 Å². The number of benzene rings is 3. The molecule has 1 aliphatic rings. The third-order valence-electron chi connectivity index (χ3n) is 4.51. The van der Waals surface area contributed by atoms with Crippen LogP contribution in [0.25, 0.3) is 0 Å². The first kappa shape index (κ1) is 18.4. The molecule has 0 aliphatic carbocycles. The first-order valence-corrected chi connectivity index (χ1v) is 10.2. The lowest BCUT2D eigenvalue weighted by molar-refractivity contribution is 0.0734. The Morgan fingerprint density at radius 2 is 1.64 bits per heavy atom. The summed E-state index contributed by atoms with van der Waals surface area (Å²) >= 11 is 5.96. The Hall–Kier alpha value is -2.96. The molecule has 0 amide bonds. The number of ketones is 1. The van der Waals surface area contributed by atoms with Crippen LogP contribution < -0.4 is 4.74 Å². The largest absolute Gasteiger partial charge is 0.423 e. The van der Waals surface area contributed by atoms with Gasteiger partial charge in [-0.2, -0.15) is 0 Å². The van der Waals surface area contributed by atoms with Crippen LogP contribution >= 0.6 is 11.6 Å². The molecule has 3 aromatic rings. The average molecular weight is 413 g/mol. The zero-order chi connectivity index (χ0) is 20.1. The van der Waals surface area contributed by atoms with E-state index in [9.17, 15) is 18.0 Å². The smallest absolute Gasteiger partial charge is 0.343 e. The number of ether oxygens (including phenoxy) is 1. The van der Waals surface area contributed by atoms with Gasteiger partial charge in [0.15, 0.2) is 5.78 Å². The average Bonchev–Trinajstić information content (AvgIpc) is 2.69. The Morgan fingerprint density at radius 1 is 0.929 bits per heavy atom. The number of fused-ring (bicyclic) bond motifs is 2. The lowest BCUT2D eigenvalue weighted by Crippen LogP contribution is -2.21. The monoisotopic (exact) mass is 412 g/mol. The maximum Gasteiger partial charge on any atom is 0.343 e. The Bertz CT molecular complexity index is 1260. The van der Waals surface area contributed by atoms with Crippen molar-refractivity contribution in [1.29, 1.82) is 0 Å². The number of esters is 1. The Balaban J connectivity index is 1.74. The maximum absolute atomic E-state index is 12.9. The van der Waals surface area contributed by atoms with Gasteiger partial charge in [0, 0.05) is 16.1 Å². The molecule has 3 aromatic carbocycles. The van der Waals surface area contributed by atoms with E-state index in [2.05, 4.69) is 0 Å². The highest BCUT2D eigenvalue weighted by molar-refractivity contribution is 7.91. The predicted octanol–water partition coefficient (Wildman–Crippen LogP) is 4.24. The molecule has 0 bridgehead atoms. The summed E-state index contributed by atoms with van der Waals surface area (Å²) < 4.78 is 31.2. The quantitative estimate of drug-likeness (QED) is 0.363. The van der Waals surface area contributed by atoms with Crippen molar-refractivity contribution in [3.8, 4) is 5.75 Å². The number of halogens is 1. The molecule has 7 heteroatoms. The van der Waals surface area contributed by atoms with E-state index in [0.29, 0.717) is 5.02 Å². The molecule has 0 radical (unpaired) electrons. The van der Waals surface area contributed by atoms with Crippen LogP contribution in [0.1, 0.15) is 31.8 Å². The van der Waals surface area contributed by atoms with Gasteiger partial charge in [0.05, 0.1) is 15.4 Å². The van der Waals surface area contributed by atoms with Gasteiger partial charge in [0.2, 0.25) is 9.84 Å². The summed E-state index contributed by atoms with van der Waals surface area (Å²) in [7, 11) is -3.92. The Kier molecular flexibility index (Phi) is 4.33. The fourth-order valence-electron chi connectivity index (χ4n) is 3.06. The van der Waals surface area contributed by atoms with Crippen LogP contribution in [-0.4, -0.2) is 20.2 Å². The van der Waals surface area contributed by atoms with Crippen LogP contribution in [0.4, 0.5) is 0 Å². The fourth-order valence-corrected chi connectivity index (χ4v) is 4.85. The maximum atomic E-state index is 12.9. The Labute approximate surface area is 166 Å². The SMILES string of the molecule is Cc1cc(OC(=O)c2ccc3c(c2)S(=O)(=O)c2ccccc2C3=O)ccc1Cl. The van der Waals surface area contributed by atoms with Gasteiger partial charge in [-0.1, -0.05) is 23.7 Å². The van der Waals surface area contributed by atoms with Gasteiger partial charge in [-0.25, -0.2) is 13.2 Å². The van der Waals surface area contributed by atoms with Gasteiger partial charge in [-0.05, 0) is 61.0 Å². The zero-order valence-electron chi connectivity index (χ0n) is 14.6. The number of carbonyl (C=O) groups excluding carboxylic acids is 2. The second-order valence-corrected chi connectivity index (χ2v) is 8.63. The second-order valence-electron chi connectivity index (χ2n) is 6.34. The van der Waals surface area contributed by atoms with Crippen molar-refractivity contribution >= 4 is 33.2 Å². The standard InChI is InChI=1S/C21H13ClO5S/c1-12-10-14(7-9-17(12)22)27-21(24)13-6-8-16-19(11-13)28(25,26)18-5-3-2-4-15(18)20(16)23/h2-11H,1H3. The summed E-state index contributed by atoms with van der Waals surface area (Å²) in [6, 6.07) is 14.7. The van der Waals surface area contributed by atoms with E-state index in [-0.39, 0.29) is 32.2 Å². The minimum atomic E-state index is -3.92. The van der Waals surface area contributed by atoms with Crippen molar-refractivity contribution in [2.75, 3.05) is 0 Å². The second kappa shape index (κ2) is 6.58. The number of hydrogen-bond donors (Lipinski definition) is 0. The van der Waals surface area contributed by atoms with E-state index in [4.69, 9.17) is 16.3 Å². The highest BCUT2D eigenvalue weighted by Crippen LogP contribution is 2.35.